The van der Waals surface area contributed by atoms with Gasteiger partial charge in [-0.1, -0.05) is 27.7 Å². The number of hydrogen-bond acceptors (Lipinski definition) is 0. The van der Waals surface area contributed by atoms with Crippen molar-refractivity contribution in [1.82, 2.24) is 0 Å². The molecule has 0 aromatic rings. The van der Waals surface area contributed by atoms with E-state index >= 15 is 0 Å². The molecule has 1 aliphatic rings. The molecule has 0 aromatic heterocycles. The van der Waals surface area contributed by atoms with Crippen molar-refractivity contribution in [2.75, 3.05) is 23.0 Å². The summed E-state index contributed by atoms with van der Waals surface area (Å²) in [4.78, 5) is 0. The smallest absolute Gasteiger partial charge is 0.0202 e. The van der Waals surface area contributed by atoms with Crippen LogP contribution in [0.3, 0.4) is 0 Å². The van der Waals surface area contributed by atoms with Gasteiger partial charge in [-0.05, 0) is 41.3 Å². The fourth-order valence-corrected chi connectivity index (χ4v) is 6.95. The Hall–Kier alpha value is 0.350. The predicted molar refractivity (Wildman–Crippen MR) is 61.4 cm³/mol. The number of hydrogen-bond donors (Lipinski definition) is 0. The molecule has 0 spiro atoms. The Balaban J connectivity index is 2.62. The molecule has 1 fully saturated rings. The van der Waals surface area contributed by atoms with Crippen molar-refractivity contribution in [3.8, 4) is 0 Å². The van der Waals surface area contributed by atoms with E-state index in [1.807, 2.05) is 0 Å². The first kappa shape index (κ1) is 10.4. The van der Waals surface area contributed by atoms with E-state index in [-0.39, 0.29) is 10.0 Å². The Kier molecular flexibility index (Phi) is 3.51. The molecule has 0 N–H and O–H groups in total. The molecular weight excluding hydrogens is 164 g/mol. The Bertz CT molecular complexity index is 126. The standard InChI is InChI=1S/C11H24S/c1-5-12(6-2)8-10(3)7-11(4)9-12/h10-11H,5-9H2,1-4H3. The predicted octanol–water partition coefficient (Wildman–Crippen LogP) is 3.51. The van der Waals surface area contributed by atoms with Gasteiger partial charge >= 0.3 is 0 Å². The van der Waals surface area contributed by atoms with Crippen molar-refractivity contribution in [1.29, 1.82) is 0 Å². The molecule has 12 heavy (non-hydrogen) atoms. The van der Waals surface area contributed by atoms with Crippen molar-refractivity contribution >= 4 is 10.0 Å². The summed E-state index contributed by atoms with van der Waals surface area (Å²) >= 11 is 0. The third-order valence-corrected chi connectivity index (χ3v) is 8.31. The summed E-state index contributed by atoms with van der Waals surface area (Å²) in [7, 11) is -0.172. The van der Waals surface area contributed by atoms with Crippen LogP contribution in [0.15, 0.2) is 0 Å². The summed E-state index contributed by atoms with van der Waals surface area (Å²) in [5.41, 5.74) is 0. The van der Waals surface area contributed by atoms with Crippen LogP contribution in [-0.2, 0) is 0 Å². The van der Waals surface area contributed by atoms with Crippen LogP contribution in [0, 0.1) is 11.8 Å². The van der Waals surface area contributed by atoms with E-state index in [0.29, 0.717) is 0 Å². The number of rotatable bonds is 2. The summed E-state index contributed by atoms with van der Waals surface area (Å²) in [6.45, 7) is 9.71. The average Bonchev–Trinajstić information content (AvgIpc) is 2.02. The molecule has 0 aromatic carbocycles. The maximum Gasteiger partial charge on any atom is -0.0202 e. The zero-order valence-corrected chi connectivity index (χ0v) is 9.91. The minimum Gasteiger partial charge on any atom is -0.241 e. The van der Waals surface area contributed by atoms with Crippen LogP contribution in [0.25, 0.3) is 0 Å². The van der Waals surface area contributed by atoms with E-state index in [9.17, 15) is 0 Å². The molecule has 1 heterocycles. The molecule has 2 unspecified atom stereocenters. The van der Waals surface area contributed by atoms with Crippen LogP contribution in [0.5, 0.6) is 0 Å². The van der Waals surface area contributed by atoms with E-state index in [4.69, 9.17) is 0 Å². The lowest BCUT2D eigenvalue weighted by atomic mass is 10.00. The first-order valence-corrected chi connectivity index (χ1v) is 7.67. The molecule has 74 valence electrons. The fraction of sp³-hybridized carbons (Fsp3) is 1.00. The van der Waals surface area contributed by atoms with E-state index in [0.717, 1.165) is 11.8 Å². The highest BCUT2D eigenvalue weighted by Gasteiger charge is 2.30. The summed E-state index contributed by atoms with van der Waals surface area (Å²) in [6.07, 6.45) is 1.48. The second-order valence-electron chi connectivity index (χ2n) is 4.58. The maximum absolute atomic E-state index is 2.45. The lowest BCUT2D eigenvalue weighted by molar-refractivity contribution is 0.459. The minimum absolute atomic E-state index is 0.172. The Morgan fingerprint density at radius 1 is 1.00 bits per heavy atom. The van der Waals surface area contributed by atoms with Gasteiger partial charge in [0, 0.05) is 0 Å². The highest BCUT2D eigenvalue weighted by Crippen LogP contribution is 2.54. The second kappa shape index (κ2) is 4.04. The topological polar surface area (TPSA) is 0 Å². The van der Waals surface area contributed by atoms with Crippen LogP contribution in [0.4, 0.5) is 0 Å². The largest absolute Gasteiger partial charge is 0.241 e. The Morgan fingerprint density at radius 2 is 1.42 bits per heavy atom. The van der Waals surface area contributed by atoms with Crippen LogP contribution < -0.4 is 0 Å². The summed E-state index contributed by atoms with van der Waals surface area (Å²) in [6, 6.07) is 0. The third kappa shape index (κ3) is 2.18. The van der Waals surface area contributed by atoms with E-state index < -0.39 is 0 Å². The lowest BCUT2D eigenvalue weighted by Gasteiger charge is -2.47. The first-order chi connectivity index (χ1) is 5.62. The molecular formula is C11H24S. The van der Waals surface area contributed by atoms with E-state index in [2.05, 4.69) is 27.7 Å². The zero-order valence-electron chi connectivity index (χ0n) is 9.10. The lowest BCUT2D eigenvalue weighted by Crippen LogP contribution is -2.29. The van der Waals surface area contributed by atoms with Crippen LogP contribution >= 0.6 is 10.0 Å². The summed E-state index contributed by atoms with van der Waals surface area (Å²) in [5, 5.41) is 0. The molecule has 0 saturated carbocycles. The van der Waals surface area contributed by atoms with Crippen molar-refractivity contribution < 1.29 is 0 Å². The third-order valence-electron chi connectivity index (χ3n) is 3.31. The first-order valence-electron chi connectivity index (χ1n) is 5.36. The summed E-state index contributed by atoms with van der Waals surface area (Å²) in [5.74, 6) is 8.07. The Labute approximate surface area is 79.4 Å². The molecule has 0 radical (unpaired) electrons. The highest BCUT2D eigenvalue weighted by atomic mass is 32.3. The van der Waals surface area contributed by atoms with Crippen molar-refractivity contribution in [2.45, 2.75) is 34.1 Å². The molecule has 0 bridgehead atoms. The van der Waals surface area contributed by atoms with Gasteiger partial charge in [0.05, 0.1) is 0 Å². The normalized spacial score (nSPS) is 37.7. The zero-order chi connectivity index (χ0) is 9.19. The van der Waals surface area contributed by atoms with Crippen molar-refractivity contribution in [2.24, 2.45) is 11.8 Å². The van der Waals surface area contributed by atoms with Gasteiger partial charge in [0.25, 0.3) is 0 Å². The van der Waals surface area contributed by atoms with Gasteiger partial charge in [0.1, 0.15) is 0 Å². The highest BCUT2D eigenvalue weighted by molar-refractivity contribution is 8.33. The minimum atomic E-state index is -0.172. The van der Waals surface area contributed by atoms with Gasteiger partial charge in [-0.2, -0.15) is 0 Å². The van der Waals surface area contributed by atoms with Gasteiger partial charge in [-0.25, -0.2) is 10.0 Å². The molecule has 0 amide bonds. The SMILES string of the molecule is CCS1(CC)CC(C)CC(C)C1. The van der Waals surface area contributed by atoms with E-state index in [1.54, 1.807) is 11.5 Å². The average molecular weight is 188 g/mol. The van der Waals surface area contributed by atoms with Crippen molar-refractivity contribution in [3.63, 3.8) is 0 Å². The van der Waals surface area contributed by atoms with E-state index in [1.165, 1.54) is 17.9 Å². The molecule has 0 aliphatic carbocycles. The van der Waals surface area contributed by atoms with Gasteiger partial charge in [0.15, 0.2) is 0 Å². The van der Waals surface area contributed by atoms with Crippen LogP contribution in [-0.4, -0.2) is 23.0 Å². The maximum atomic E-state index is 2.45. The molecule has 1 heteroatoms. The molecule has 0 nitrogen and oxygen atoms in total. The van der Waals surface area contributed by atoms with Crippen LogP contribution in [0.1, 0.15) is 34.1 Å². The fourth-order valence-electron chi connectivity index (χ4n) is 2.77. The quantitative estimate of drug-likeness (QED) is 0.622. The van der Waals surface area contributed by atoms with Gasteiger partial charge < -0.3 is 0 Å². The molecule has 1 saturated heterocycles. The summed E-state index contributed by atoms with van der Waals surface area (Å²) < 4.78 is 0. The second-order valence-corrected chi connectivity index (χ2v) is 8.85. The molecule has 2 atom stereocenters. The van der Waals surface area contributed by atoms with Crippen LogP contribution in [0.2, 0.25) is 0 Å². The molecule has 1 rings (SSSR count). The van der Waals surface area contributed by atoms with Crippen molar-refractivity contribution in [3.05, 3.63) is 0 Å². The Morgan fingerprint density at radius 3 is 1.75 bits per heavy atom. The van der Waals surface area contributed by atoms with Gasteiger partial charge in [0.2, 0.25) is 0 Å². The molecule has 1 aliphatic heterocycles. The monoisotopic (exact) mass is 188 g/mol. The van der Waals surface area contributed by atoms with Gasteiger partial charge in [-0.3, -0.25) is 0 Å². The van der Waals surface area contributed by atoms with Gasteiger partial charge in [-0.15, -0.1) is 0 Å².